The van der Waals surface area contributed by atoms with E-state index in [9.17, 15) is 4.79 Å². The molecule has 0 amide bonds. The summed E-state index contributed by atoms with van der Waals surface area (Å²) >= 11 is 1.48. The number of anilines is 1. The minimum Gasteiger partial charge on any atom is -0.390 e. The van der Waals surface area contributed by atoms with Crippen molar-refractivity contribution in [2.24, 2.45) is 0 Å². The molecule has 0 saturated carbocycles. The van der Waals surface area contributed by atoms with Crippen molar-refractivity contribution < 1.29 is 4.79 Å². The molecule has 2 N–H and O–H groups in total. The average molecular weight is 321 g/mol. The van der Waals surface area contributed by atoms with Crippen LogP contribution in [0.5, 0.6) is 0 Å². The van der Waals surface area contributed by atoms with Crippen molar-refractivity contribution in [1.82, 2.24) is 0 Å². The van der Waals surface area contributed by atoms with Crippen molar-refractivity contribution in [2.75, 3.05) is 5.73 Å². The number of hydrogen-bond donors (Lipinski definition) is 1. The van der Waals surface area contributed by atoms with Crippen molar-refractivity contribution >= 4 is 22.1 Å². The molecule has 0 saturated heterocycles. The van der Waals surface area contributed by atoms with E-state index < -0.39 is 0 Å². The highest BCUT2D eigenvalue weighted by Gasteiger charge is 2.23. The Bertz CT molecular complexity index is 878. The number of aryl methyl sites for hydroxylation is 3. The van der Waals surface area contributed by atoms with Gasteiger partial charge in [-0.15, -0.1) is 11.3 Å². The zero-order chi connectivity index (χ0) is 16.6. The topological polar surface area (TPSA) is 43.1 Å². The van der Waals surface area contributed by atoms with Crippen LogP contribution in [-0.4, -0.2) is 5.78 Å². The summed E-state index contributed by atoms with van der Waals surface area (Å²) < 4.78 is 0. The van der Waals surface area contributed by atoms with Crippen LogP contribution in [-0.2, 0) is 0 Å². The minimum absolute atomic E-state index is 0.00297. The largest absolute Gasteiger partial charge is 0.390 e. The first-order valence-corrected chi connectivity index (χ1v) is 8.37. The molecule has 0 aliphatic rings. The molecule has 116 valence electrons. The third-order valence-electron chi connectivity index (χ3n) is 4.03. The van der Waals surface area contributed by atoms with Crippen molar-refractivity contribution in [3.63, 3.8) is 0 Å². The van der Waals surface area contributed by atoms with Gasteiger partial charge in [0, 0.05) is 16.0 Å². The fourth-order valence-electron chi connectivity index (χ4n) is 2.95. The number of carbonyl (C=O) groups is 1. The summed E-state index contributed by atoms with van der Waals surface area (Å²) in [6.45, 7) is 6.01. The van der Waals surface area contributed by atoms with E-state index in [0.29, 0.717) is 10.6 Å². The Morgan fingerprint density at radius 1 is 1.00 bits per heavy atom. The van der Waals surface area contributed by atoms with E-state index in [2.05, 4.69) is 0 Å². The minimum atomic E-state index is 0.00297. The monoisotopic (exact) mass is 321 g/mol. The summed E-state index contributed by atoms with van der Waals surface area (Å²) in [5.74, 6) is 0.00297. The second-order valence-corrected chi connectivity index (χ2v) is 7.04. The van der Waals surface area contributed by atoms with Gasteiger partial charge in [-0.25, -0.2) is 0 Å². The number of thiophene rings is 1. The van der Waals surface area contributed by atoms with Crippen molar-refractivity contribution in [2.45, 2.75) is 20.8 Å². The Morgan fingerprint density at radius 3 is 2.35 bits per heavy atom. The van der Waals surface area contributed by atoms with Crippen LogP contribution in [0.15, 0.2) is 48.5 Å². The van der Waals surface area contributed by atoms with Gasteiger partial charge in [-0.05, 0) is 31.9 Å². The Labute approximate surface area is 140 Å². The maximum Gasteiger partial charge on any atom is 0.196 e. The number of hydrogen-bond acceptors (Lipinski definition) is 3. The molecule has 0 aliphatic carbocycles. The molecule has 0 radical (unpaired) electrons. The number of rotatable bonds is 3. The molecule has 0 unspecified atom stereocenters. The third kappa shape index (κ3) is 2.80. The smallest absolute Gasteiger partial charge is 0.196 e. The van der Waals surface area contributed by atoms with Crippen LogP contribution < -0.4 is 5.73 Å². The molecular formula is C20H19NOS. The molecule has 1 heterocycles. The van der Waals surface area contributed by atoms with Gasteiger partial charge < -0.3 is 5.73 Å². The molecular weight excluding hydrogens is 302 g/mol. The van der Waals surface area contributed by atoms with Gasteiger partial charge in [0.1, 0.15) is 0 Å². The Balaban J connectivity index is 2.19. The van der Waals surface area contributed by atoms with Gasteiger partial charge in [0.2, 0.25) is 0 Å². The lowest BCUT2D eigenvalue weighted by Gasteiger charge is -2.09. The molecule has 0 spiro atoms. The van der Waals surface area contributed by atoms with Crippen molar-refractivity contribution in [1.29, 1.82) is 0 Å². The lowest BCUT2D eigenvalue weighted by atomic mass is 9.93. The van der Waals surface area contributed by atoms with Crippen LogP contribution in [0.3, 0.4) is 0 Å². The van der Waals surface area contributed by atoms with Gasteiger partial charge in [-0.1, -0.05) is 54.1 Å². The highest BCUT2D eigenvalue weighted by atomic mass is 32.1. The van der Waals surface area contributed by atoms with Gasteiger partial charge >= 0.3 is 0 Å². The predicted octanol–water partition coefficient (Wildman–Crippen LogP) is 5.15. The van der Waals surface area contributed by atoms with Gasteiger partial charge in [0.05, 0.1) is 10.6 Å². The summed E-state index contributed by atoms with van der Waals surface area (Å²) in [4.78, 5) is 14.2. The summed E-state index contributed by atoms with van der Waals surface area (Å²) in [5, 5.41) is 0.589. The first kappa shape index (κ1) is 15.5. The predicted molar refractivity (Wildman–Crippen MR) is 98.3 cm³/mol. The van der Waals surface area contributed by atoms with Gasteiger partial charge in [0.25, 0.3) is 0 Å². The first-order chi connectivity index (χ1) is 11.0. The fraction of sp³-hybridized carbons (Fsp3) is 0.150. The molecule has 3 heteroatoms. The standard InChI is InChI=1S/C20H19NOS/c1-12-9-10-16(13(2)11-12)19(22)18-17(14(3)23-20(18)21)15-7-5-4-6-8-15/h4-11H,21H2,1-3H3. The quantitative estimate of drug-likeness (QED) is 0.678. The normalized spacial score (nSPS) is 10.7. The van der Waals surface area contributed by atoms with E-state index in [1.807, 2.05) is 69.3 Å². The third-order valence-corrected chi connectivity index (χ3v) is 4.96. The SMILES string of the molecule is Cc1ccc(C(=O)c2c(N)sc(C)c2-c2ccccc2)c(C)c1. The fourth-order valence-corrected chi connectivity index (χ4v) is 3.90. The highest BCUT2D eigenvalue weighted by Crippen LogP contribution is 2.39. The zero-order valence-electron chi connectivity index (χ0n) is 13.5. The van der Waals surface area contributed by atoms with E-state index in [4.69, 9.17) is 5.73 Å². The molecule has 3 rings (SSSR count). The van der Waals surface area contributed by atoms with Crippen LogP contribution >= 0.6 is 11.3 Å². The average Bonchev–Trinajstić information content (AvgIpc) is 2.82. The Morgan fingerprint density at radius 2 is 1.70 bits per heavy atom. The lowest BCUT2D eigenvalue weighted by Crippen LogP contribution is -2.07. The van der Waals surface area contributed by atoms with E-state index in [1.165, 1.54) is 11.3 Å². The summed E-state index contributed by atoms with van der Waals surface area (Å²) in [6, 6.07) is 15.9. The number of ketones is 1. The van der Waals surface area contributed by atoms with E-state index in [-0.39, 0.29) is 5.78 Å². The summed E-state index contributed by atoms with van der Waals surface area (Å²) in [6.07, 6.45) is 0. The number of nitrogens with two attached hydrogens (primary N) is 1. The van der Waals surface area contributed by atoms with Crippen LogP contribution in [0.1, 0.15) is 31.9 Å². The highest BCUT2D eigenvalue weighted by molar-refractivity contribution is 7.16. The molecule has 0 bridgehead atoms. The van der Waals surface area contributed by atoms with Crippen LogP contribution in [0, 0.1) is 20.8 Å². The lowest BCUT2D eigenvalue weighted by molar-refractivity contribution is 0.104. The molecule has 1 aromatic heterocycles. The molecule has 2 nitrogen and oxygen atoms in total. The van der Waals surface area contributed by atoms with Gasteiger partial charge in [-0.2, -0.15) is 0 Å². The number of nitrogen functional groups attached to an aromatic ring is 1. The van der Waals surface area contributed by atoms with E-state index >= 15 is 0 Å². The Hall–Kier alpha value is -2.39. The zero-order valence-corrected chi connectivity index (χ0v) is 14.3. The first-order valence-electron chi connectivity index (χ1n) is 7.55. The molecule has 0 atom stereocenters. The second-order valence-electron chi connectivity index (χ2n) is 5.79. The molecule has 2 aromatic carbocycles. The molecule has 0 aliphatic heterocycles. The van der Waals surface area contributed by atoms with Crippen molar-refractivity contribution in [3.8, 4) is 11.1 Å². The molecule has 23 heavy (non-hydrogen) atoms. The van der Waals surface area contributed by atoms with Crippen LogP contribution in [0.4, 0.5) is 5.00 Å². The molecule has 0 fully saturated rings. The number of carbonyl (C=O) groups excluding carboxylic acids is 1. The van der Waals surface area contributed by atoms with Crippen LogP contribution in [0.25, 0.3) is 11.1 Å². The van der Waals surface area contributed by atoms with Gasteiger partial charge in [0.15, 0.2) is 5.78 Å². The van der Waals surface area contributed by atoms with Crippen LogP contribution in [0.2, 0.25) is 0 Å². The van der Waals surface area contributed by atoms with Gasteiger partial charge in [-0.3, -0.25) is 4.79 Å². The Kier molecular flexibility index (Phi) is 4.05. The maximum atomic E-state index is 13.1. The van der Waals surface area contributed by atoms with E-state index in [1.54, 1.807) is 0 Å². The second kappa shape index (κ2) is 6.01. The molecule has 3 aromatic rings. The number of benzene rings is 2. The maximum absolute atomic E-state index is 13.1. The summed E-state index contributed by atoms with van der Waals surface area (Å²) in [5.41, 5.74) is 11.7. The summed E-state index contributed by atoms with van der Waals surface area (Å²) in [7, 11) is 0. The van der Waals surface area contributed by atoms with Crippen molar-refractivity contribution in [3.05, 3.63) is 75.7 Å². The van der Waals surface area contributed by atoms with E-state index in [0.717, 1.165) is 32.7 Å².